The molecule has 0 aromatic rings. The second kappa shape index (κ2) is 6.89. The average molecular weight is 170 g/mol. The average Bonchev–Trinajstić information content (AvgIpc) is 2.03. The molecule has 0 bridgehead atoms. The molecule has 0 saturated heterocycles. The fourth-order valence-corrected chi connectivity index (χ4v) is 0.872. The molecule has 0 spiro atoms. The van der Waals surface area contributed by atoms with Crippen LogP contribution in [0, 0.1) is 5.92 Å². The molecule has 12 heavy (non-hydrogen) atoms. The minimum atomic E-state index is -0.695. The molecule has 2 heteroatoms. The van der Waals surface area contributed by atoms with Crippen molar-refractivity contribution in [1.82, 2.24) is 0 Å². The summed E-state index contributed by atoms with van der Waals surface area (Å²) in [6.45, 7) is 3.88. The molecular formula is C10H18O2. The molecule has 0 fully saturated rings. The molecule has 0 aliphatic heterocycles. The predicted octanol–water partition coefficient (Wildman–Crippen LogP) is 2.84. The number of rotatable bonds is 6. The van der Waals surface area contributed by atoms with E-state index in [4.69, 9.17) is 5.11 Å². The fourth-order valence-electron chi connectivity index (χ4n) is 0.872. The molecule has 0 rings (SSSR count). The Balaban J connectivity index is 3.36. The zero-order valence-corrected chi connectivity index (χ0v) is 7.92. The lowest BCUT2D eigenvalue weighted by molar-refractivity contribution is -0.141. The molecule has 0 amide bonds. The summed E-state index contributed by atoms with van der Waals surface area (Å²) in [4.78, 5) is 10.4. The van der Waals surface area contributed by atoms with Crippen molar-refractivity contribution in [2.24, 2.45) is 5.92 Å². The number of carboxylic acid groups (broad SMARTS) is 1. The SMILES string of the molecule is CCC/C=C\CC[C@@H](C)C(=O)O. The van der Waals surface area contributed by atoms with Gasteiger partial charge < -0.3 is 5.11 Å². The van der Waals surface area contributed by atoms with Crippen molar-refractivity contribution in [2.75, 3.05) is 0 Å². The number of allylic oxidation sites excluding steroid dienone is 2. The molecular weight excluding hydrogens is 152 g/mol. The topological polar surface area (TPSA) is 37.3 Å². The summed E-state index contributed by atoms with van der Waals surface area (Å²) in [5, 5.41) is 8.56. The van der Waals surface area contributed by atoms with E-state index < -0.39 is 5.97 Å². The van der Waals surface area contributed by atoms with Crippen molar-refractivity contribution in [3.8, 4) is 0 Å². The summed E-state index contributed by atoms with van der Waals surface area (Å²) in [6.07, 6.45) is 8.08. The fraction of sp³-hybridized carbons (Fsp3) is 0.700. The van der Waals surface area contributed by atoms with Crippen LogP contribution in [0.15, 0.2) is 12.2 Å². The molecule has 0 saturated carbocycles. The molecule has 0 heterocycles. The number of carboxylic acids is 1. The normalized spacial score (nSPS) is 13.5. The molecule has 0 aliphatic rings. The standard InChI is InChI=1S/C10H18O2/c1-3-4-5-6-7-8-9(2)10(11)12/h5-6,9H,3-4,7-8H2,1-2H3,(H,11,12)/b6-5-/t9-/m1/s1. The van der Waals surface area contributed by atoms with Gasteiger partial charge in [0.1, 0.15) is 0 Å². The Morgan fingerprint density at radius 3 is 2.50 bits per heavy atom. The maximum Gasteiger partial charge on any atom is 0.306 e. The maximum atomic E-state index is 10.4. The van der Waals surface area contributed by atoms with Crippen LogP contribution < -0.4 is 0 Å². The second-order valence-corrected chi connectivity index (χ2v) is 3.08. The third-order valence-electron chi connectivity index (χ3n) is 1.81. The van der Waals surface area contributed by atoms with Crippen LogP contribution in [0.25, 0.3) is 0 Å². The monoisotopic (exact) mass is 170 g/mol. The van der Waals surface area contributed by atoms with Crippen LogP contribution in [-0.4, -0.2) is 11.1 Å². The van der Waals surface area contributed by atoms with E-state index in [1.807, 2.05) is 0 Å². The van der Waals surface area contributed by atoms with Crippen molar-refractivity contribution in [2.45, 2.75) is 39.5 Å². The van der Waals surface area contributed by atoms with Crippen LogP contribution in [0.1, 0.15) is 39.5 Å². The highest BCUT2D eigenvalue weighted by Crippen LogP contribution is 2.06. The molecule has 0 unspecified atom stereocenters. The highest BCUT2D eigenvalue weighted by atomic mass is 16.4. The van der Waals surface area contributed by atoms with E-state index in [-0.39, 0.29) is 5.92 Å². The van der Waals surface area contributed by atoms with Crippen LogP contribution >= 0.6 is 0 Å². The predicted molar refractivity (Wildman–Crippen MR) is 50.1 cm³/mol. The van der Waals surface area contributed by atoms with E-state index in [2.05, 4.69) is 19.1 Å². The van der Waals surface area contributed by atoms with Gasteiger partial charge in [0.25, 0.3) is 0 Å². The minimum Gasteiger partial charge on any atom is -0.481 e. The quantitative estimate of drug-likeness (QED) is 0.622. The number of hydrogen-bond acceptors (Lipinski definition) is 1. The number of aliphatic carboxylic acids is 1. The van der Waals surface area contributed by atoms with E-state index in [9.17, 15) is 4.79 Å². The highest BCUT2D eigenvalue weighted by molar-refractivity contribution is 5.69. The first-order chi connectivity index (χ1) is 5.68. The van der Waals surface area contributed by atoms with E-state index in [1.165, 1.54) is 0 Å². The molecule has 2 nitrogen and oxygen atoms in total. The van der Waals surface area contributed by atoms with Crippen LogP contribution in [0.2, 0.25) is 0 Å². The van der Waals surface area contributed by atoms with Gasteiger partial charge in [0.15, 0.2) is 0 Å². The summed E-state index contributed by atoms with van der Waals surface area (Å²) >= 11 is 0. The van der Waals surface area contributed by atoms with Gasteiger partial charge in [0, 0.05) is 0 Å². The van der Waals surface area contributed by atoms with Gasteiger partial charge in [-0.05, 0) is 19.3 Å². The van der Waals surface area contributed by atoms with Gasteiger partial charge in [-0.2, -0.15) is 0 Å². The van der Waals surface area contributed by atoms with E-state index in [0.717, 1.165) is 25.7 Å². The Morgan fingerprint density at radius 2 is 2.00 bits per heavy atom. The smallest absolute Gasteiger partial charge is 0.306 e. The van der Waals surface area contributed by atoms with Crippen LogP contribution in [0.5, 0.6) is 0 Å². The summed E-state index contributed by atoms with van der Waals surface area (Å²) in [5.41, 5.74) is 0. The van der Waals surface area contributed by atoms with E-state index >= 15 is 0 Å². The third kappa shape index (κ3) is 5.96. The molecule has 0 aromatic carbocycles. The van der Waals surface area contributed by atoms with Crippen LogP contribution in [0.4, 0.5) is 0 Å². The van der Waals surface area contributed by atoms with Gasteiger partial charge in [-0.15, -0.1) is 0 Å². The Morgan fingerprint density at radius 1 is 1.42 bits per heavy atom. The molecule has 0 aliphatic carbocycles. The summed E-state index contributed by atoms with van der Waals surface area (Å²) in [7, 11) is 0. The van der Waals surface area contributed by atoms with E-state index in [0.29, 0.717) is 0 Å². The second-order valence-electron chi connectivity index (χ2n) is 3.08. The Labute approximate surface area is 74.3 Å². The summed E-state index contributed by atoms with van der Waals surface area (Å²) in [5.74, 6) is -0.907. The van der Waals surface area contributed by atoms with Crippen molar-refractivity contribution in [3.63, 3.8) is 0 Å². The van der Waals surface area contributed by atoms with Crippen molar-refractivity contribution in [3.05, 3.63) is 12.2 Å². The summed E-state index contributed by atoms with van der Waals surface area (Å²) in [6, 6.07) is 0. The Bertz CT molecular complexity index is 150. The van der Waals surface area contributed by atoms with Crippen molar-refractivity contribution >= 4 is 5.97 Å². The van der Waals surface area contributed by atoms with Crippen molar-refractivity contribution in [1.29, 1.82) is 0 Å². The summed E-state index contributed by atoms with van der Waals surface area (Å²) < 4.78 is 0. The Kier molecular flexibility index (Phi) is 6.44. The Hall–Kier alpha value is -0.790. The first-order valence-electron chi connectivity index (χ1n) is 4.56. The molecule has 1 atom stereocenters. The van der Waals surface area contributed by atoms with Crippen molar-refractivity contribution < 1.29 is 9.90 Å². The van der Waals surface area contributed by atoms with Crippen LogP contribution in [0.3, 0.4) is 0 Å². The largest absolute Gasteiger partial charge is 0.481 e. The zero-order valence-electron chi connectivity index (χ0n) is 7.92. The first-order valence-corrected chi connectivity index (χ1v) is 4.56. The lowest BCUT2D eigenvalue weighted by Crippen LogP contribution is -2.08. The lowest BCUT2D eigenvalue weighted by atomic mass is 10.1. The molecule has 0 aromatic heterocycles. The zero-order chi connectivity index (χ0) is 9.40. The molecule has 70 valence electrons. The number of carbonyl (C=O) groups is 1. The highest BCUT2D eigenvalue weighted by Gasteiger charge is 2.08. The molecule has 1 N–H and O–H groups in total. The number of hydrogen-bond donors (Lipinski definition) is 1. The number of unbranched alkanes of at least 4 members (excludes halogenated alkanes) is 1. The van der Waals surface area contributed by atoms with Gasteiger partial charge in [0.2, 0.25) is 0 Å². The third-order valence-corrected chi connectivity index (χ3v) is 1.81. The first kappa shape index (κ1) is 11.2. The van der Waals surface area contributed by atoms with Gasteiger partial charge in [0.05, 0.1) is 5.92 Å². The minimum absolute atomic E-state index is 0.212. The van der Waals surface area contributed by atoms with E-state index in [1.54, 1.807) is 6.92 Å². The maximum absolute atomic E-state index is 10.4. The molecule has 0 radical (unpaired) electrons. The van der Waals surface area contributed by atoms with Gasteiger partial charge in [-0.1, -0.05) is 32.4 Å². The van der Waals surface area contributed by atoms with Gasteiger partial charge in [-0.25, -0.2) is 0 Å². The van der Waals surface area contributed by atoms with Crippen LogP contribution in [-0.2, 0) is 4.79 Å². The van der Waals surface area contributed by atoms with Gasteiger partial charge >= 0.3 is 5.97 Å². The lowest BCUT2D eigenvalue weighted by Gasteiger charge is -2.01. The van der Waals surface area contributed by atoms with Gasteiger partial charge in [-0.3, -0.25) is 4.79 Å².